The van der Waals surface area contributed by atoms with Gasteiger partial charge in [-0.05, 0) is 31.9 Å². The van der Waals surface area contributed by atoms with Crippen LogP contribution in [-0.2, 0) is 20.8 Å². The number of carbonyl (C=O) groups excluding carboxylic acids is 3. The van der Waals surface area contributed by atoms with E-state index in [0.717, 1.165) is 22.4 Å². The van der Waals surface area contributed by atoms with E-state index in [1.165, 1.54) is 16.2 Å². The molecule has 1 heterocycles. The molecule has 0 aliphatic rings. The number of aromatic nitrogens is 1. The van der Waals surface area contributed by atoms with Gasteiger partial charge in [-0.2, -0.15) is 0 Å². The topological polar surface area (TPSA) is 91.4 Å². The summed E-state index contributed by atoms with van der Waals surface area (Å²) in [5.41, 5.74) is 4.46. The number of thiazole rings is 1. The van der Waals surface area contributed by atoms with Gasteiger partial charge in [-0.25, -0.2) is 4.98 Å². The molecule has 0 aliphatic carbocycles. The summed E-state index contributed by atoms with van der Waals surface area (Å²) in [7, 11) is 1.59. The summed E-state index contributed by atoms with van der Waals surface area (Å²) in [5.74, 6) is -0.731. The second kappa shape index (κ2) is 9.65. The fourth-order valence-electron chi connectivity index (χ4n) is 2.84. The number of aryl methyl sites for hydroxylation is 3. The van der Waals surface area contributed by atoms with Crippen molar-refractivity contribution in [1.82, 2.24) is 9.88 Å². The molecular weight excluding hydrogens is 388 g/mol. The number of rotatable bonds is 7. The highest BCUT2D eigenvalue weighted by atomic mass is 32.1. The van der Waals surface area contributed by atoms with Gasteiger partial charge in [0.15, 0.2) is 5.13 Å². The SMILES string of the molecule is Cc1cc(C)c(NC(=O)CN(C)C(=O)Cc2csc(NC(=O)C(C)C)n2)c(C)c1. The Labute approximate surface area is 175 Å². The first kappa shape index (κ1) is 22.5. The molecule has 0 saturated heterocycles. The average Bonchev–Trinajstić information content (AvgIpc) is 3.04. The van der Waals surface area contributed by atoms with Crippen LogP contribution in [0.4, 0.5) is 10.8 Å². The van der Waals surface area contributed by atoms with Gasteiger partial charge in [-0.3, -0.25) is 14.4 Å². The van der Waals surface area contributed by atoms with Gasteiger partial charge >= 0.3 is 0 Å². The number of amides is 3. The van der Waals surface area contributed by atoms with Gasteiger partial charge in [0.05, 0.1) is 18.7 Å². The summed E-state index contributed by atoms with van der Waals surface area (Å²) in [6.45, 7) is 9.45. The maximum absolute atomic E-state index is 12.4. The third-order valence-corrected chi connectivity index (χ3v) is 5.19. The van der Waals surface area contributed by atoms with E-state index >= 15 is 0 Å². The summed E-state index contributed by atoms with van der Waals surface area (Å²) in [6, 6.07) is 4.02. The largest absolute Gasteiger partial charge is 0.336 e. The molecule has 0 bridgehead atoms. The molecule has 156 valence electrons. The second-order valence-corrected chi connectivity index (χ2v) is 8.39. The normalized spacial score (nSPS) is 10.7. The maximum Gasteiger partial charge on any atom is 0.243 e. The molecule has 2 aromatic rings. The molecule has 29 heavy (non-hydrogen) atoms. The molecule has 0 saturated carbocycles. The number of hydrogen-bond donors (Lipinski definition) is 2. The van der Waals surface area contributed by atoms with Crippen LogP contribution < -0.4 is 10.6 Å². The fourth-order valence-corrected chi connectivity index (χ4v) is 3.56. The van der Waals surface area contributed by atoms with Crippen molar-refractivity contribution in [2.45, 2.75) is 41.0 Å². The smallest absolute Gasteiger partial charge is 0.243 e. The molecule has 8 heteroatoms. The van der Waals surface area contributed by atoms with E-state index in [-0.39, 0.29) is 36.6 Å². The van der Waals surface area contributed by atoms with E-state index in [2.05, 4.69) is 15.6 Å². The Morgan fingerprint density at radius 2 is 1.72 bits per heavy atom. The first-order valence-electron chi connectivity index (χ1n) is 9.43. The summed E-state index contributed by atoms with van der Waals surface area (Å²) < 4.78 is 0. The summed E-state index contributed by atoms with van der Waals surface area (Å²) in [5, 5.41) is 7.82. The standard InChI is InChI=1S/C21H28N4O3S/c1-12(2)20(28)24-21-22-16(11-29-21)9-18(27)25(6)10-17(26)23-19-14(4)7-13(3)8-15(19)5/h7-8,11-12H,9-10H2,1-6H3,(H,23,26)(H,22,24,28). The van der Waals surface area contributed by atoms with E-state index in [4.69, 9.17) is 0 Å². The first-order valence-corrected chi connectivity index (χ1v) is 10.3. The molecular formula is C21H28N4O3S. The maximum atomic E-state index is 12.4. The monoisotopic (exact) mass is 416 g/mol. The Balaban J connectivity index is 1.91. The fraction of sp³-hybridized carbons (Fsp3) is 0.429. The molecule has 2 N–H and O–H groups in total. The lowest BCUT2D eigenvalue weighted by Crippen LogP contribution is -2.36. The molecule has 0 aliphatic heterocycles. The lowest BCUT2D eigenvalue weighted by molar-refractivity contribution is -0.132. The van der Waals surface area contributed by atoms with Crippen molar-refractivity contribution in [3.63, 3.8) is 0 Å². The summed E-state index contributed by atoms with van der Waals surface area (Å²) >= 11 is 1.28. The highest BCUT2D eigenvalue weighted by Gasteiger charge is 2.17. The van der Waals surface area contributed by atoms with Crippen molar-refractivity contribution in [3.05, 3.63) is 39.9 Å². The second-order valence-electron chi connectivity index (χ2n) is 7.54. The number of benzene rings is 1. The van der Waals surface area contributed by atoms with E-state index in [9.17, 15) is 14.4 Å². The summed E-state index contributed by atoms with van der Waals surface area (Å²) in [6.07, 6.45) is 0.0699. The lowest BCUT2D eigenvalue weighted by atomic mass is 10.1. The van der Waals surface area contributed by atoms with Crippen LogP contribution in [0, 0.1) is 26.7 Å². The molecule has 0 radical (unpaired) electrons. The first-order chi connectivity index (χ1) is 13.6. The summed E-state index contributed by atoms with van der Waals surface area (Å²) in [4.78, 5) is 42.2. The molecule has 2 rings (SSSR count). The Kier molecular flexibility index (Phi) is 7.50. The van der Waals surface area contributed by atoms with Gasteiger partial charge < -0.3 is 15.5 Å². The predicted octanol–water partition coefficient (Wildman–Crippen LogP) is 3.30. The lowest BCUT2D eigenvalue weighted by Gasteiger charge is -2.18. The van der Waals surface area contributed by atoms with Gasteiger partial charge in [0.2, 0.25) is 17.7 Å². The number of likely N-dealkylation sites (N-methyl/N-ethyl adjacent to an activating group) is 1. The molecule has 0 spiro atoms. The Hall–Kier alpha value is -2.74. The third kappa shape index (κ3) is 6.39. The zero-order valence-corrected chi connectivity index (χ0v) is 18.6. The van der Waals surface area contributed by atoms with Gasteiger partial charge in [-0.15, -0.1) is 11.3 Å². The zero-order chi connectivity index (χ0) is 21.7. The van der Waals surface area contributed by atoms with Crippen LogP contribution in [0.5, 0.6) is 0 Å². The highest BCUT2D eigenvalue weighted by Crippen LogP contribution is 2.22. The number of carbonyl (C=O) groups is 3. The molecule has 7 nitrogen and oxygen atoms in total. The van der Waals surface area contributed by atoms with Crippen LogP contribution in [0.25, 0.3) is 0 Å². The molecule has 0 atom stereocenters. The molecule has 0 fully saturated rings. The minimum Gasteiger partial charge on any atom is -0.336 e. The minimum atomic E-state index is -0.251. The van der Waals surface area contributed by atoms with Crippen LogP contribution in [0.3, 0.4) is 0 Å². The van der Waals surface area contributed by atoms with Crippen LogP contribution in [0.2, 0.25) is 0 Å². The van der Waals surface area contributed by atoms with E-state index in [1.807, 2.05) is 32.9 Å². The van der Waals surface area contributed by atoms with Crippen LogP contribution in [-0.4, -0.2) is 41.2 Å². The van der Waals surface area contributed by atoms with Crippen molar-refractivity contribution in [2.24, 2.45) is 5.92 Å². The third-order valence-electron chi connectivity index (χ3n) is 4.39. The van der Waals surface area contributed by atoms with E-state index in [1.54, 1.807) is 26.3 Å². The van der Waals surface area contributed by atoms with E-state index < -0.39 is 0 Å². The quantitative estimate of drug-likeness (QED) is 0.724. The number of anilines is 2. The predicted molar refractivity (Wildman–Crippen MR) is 116 cm³/mol. The van der Waals surface area contributed by atoms with Gasteiger partial charge in [-0.1, -0.05) is 31.5 Å². The number of nitrogens with one attached hydrogen (secondary N) is 2. The van der Waals surface area contributed by atoms with Crippen molar-refractivity contribution >= 4 is 39.9 Å². The molecule has 3 amide bonds. The van der Waals surface area contributed by atoms with E-state index in [0.29, 0.717) is 10.8 Å². The Bertz CT molecular complexity index is 897. The Morgan fingerprint density at radius 1 is 1.10 bits per heavy atom. The van der Waals surface area contributed by atoms with Crippen LogP contribution in [0.15, 0.2) is 17.5 Å². The van der Waals surface area contributed by atoms with Crippen molar-refractivity contribution < 1.29 is 14.4 Å². The number of nitrogens with zero attached hydrogens (tertiary/aromatic N) is 2. The van der Waals surface area contributed by atoms with Gasteiger partial charge in [0.1, 0.15) is 0 Å². The highest BCUT2D eigenvalue weighted by molar-refractivity contribution is 7.13. The number of hydrogen-bond acceptors (Lipinski definition) is 5. The minimum absolute atomic E-state index is 0.0489. The van der Waals surface area contributed by atoms with Crippen LogP contribution in [0.1, 0.15) is 36.2 Å². The zero-order valence-electron chi connectivity index (χ0n) is 17.8. The van der Waals surface area contributed by atoms with Gasteiger partial charge in [0.25, 0.3) is 0 Å². The van der Waals surface area contributed by atoms with Crippen LogP contribution >= 0.6 is 11.3 Å². The van der Waals surface area contributed by atoms with Crippen molar-refractivity contribution in [1.29, 1.82) is 0 Å². The van der Waals surface area contributed by atoms with Crippen molar-refractivity contribution in [2.75, 3.05) is 24.2 Å². The van der Waals surface area contributed by atoms with Crippen molar-refractivity contribution in [3.8, 4) is 0 Å². The molecule has 1 aromatic heterocycles. The molecule has 1 aromatic carbocycles. The Morgan fingerprint density at radius 3 is 2.31 bits per heavy atom. The van der Waals surface area contributed by atoms with Gasteiger partial charge in [0, 0.05) is 24.0 Å². The average molecular weight is 417 g/mol. The molecule has 0 unspecified atom stereocenters.